The molecule has 88 valence electrons. The predicted octanol–water partition coefficient (Wildman–Crippen LogP) is 1.75. The molecule has 0 heterocycles. The van der Waals surface area contributed by atoms with Gasteiger partial charge in [-0.3, -0.25) is 4.55 Å². The van der Waals surface area contributed by atoms with Crippen LogP contribution in [-0.4, -0.2) is 41.0 Å². The standard InChI is InChI=1S/C8H15NO3S3/c1-7(2)9(3)8(13)14-5-4-6-15(10,11)12/h4,6-7H,5H2,1-3H3,(H,10,11,12)/b6-4-. The molecule has 0 bridgehead atoms. The molecule has 0 aromatic carbocycles. The first-order valence-electron chi connectivity index (χ1n) is 4.27. The number of nitrogens with zero attached hydrogens (tertiary/aromatic N) is 1. The quantitative estimate of drug-likeness (QED) is 0.620. The number of hydrogen-bond donors (Lipinski definition) is 1. The maximum absolute atomic E-state index is 10.3. The van der Waals surface area contributed by atoms with Crippen molar-refractivity contribution < 1.29 is 13.0 Å². The molecule has 1 N–H and O–H groups in total. The van der Waals surface area contributed by atoms with Crippen molar-refractivity contribution in [3.05, 3.63) is 11.5 Å². The highest BCUT2D eigenvalue weighted by molar-refractivity contribution is 8.23. The molecule has 4 nitrogen and oxygen atoms in total. The van der Waals surface area contributed by atoms with Crippen LogP contribution in [-0.2, 0) is 10.1 Å². The summed E-state index contributed by atoms with van der Waals surface area (Å²) in [5.74, 6) is 0.426. The molecule has 0 amide bonds. The molecule has 0 aromatic rings. The summed E-state index contributed by atoms with van der Waals surface area (Å²) < 4.78 is 29.8. The van der Waals surface area contributed by atoms with Gasteiger partial charge in [0.25, 0.3) is 10.1 Å². The molecule has 0 radical (unpaired) electrons. The molecule has 0 unspecified atom stereocenters. The summed E-state index contributed by atoms with van der Waals surface area (Å²) in [6.45, 7) is 4.03. The maximum atomic E-state index is 10.3. The predicted molar refractivity (Wildman–Crippen MR) is 68.6 cm³/mol. The van der Waals surface area contributed by atoms with E-state index in [1.54, 1.807) is 0 Å². The van der Waals surface area contributed by atoms with Gasteiger partial charge in [-0.1, -0.05) is 30.1 Å². The minimum atomic E-state index is -4.01. The molecule has 15 heavy (non-hydrogen) atoms. The maximum Gasteiger partial charge on any atom is 0.287 e. The van der Waals surface area contributed by atoms with Gasteiger partial charge in [0.2, 0.25) is 0 Å². The van der Waals surface area contributed by atoms with Gasteiger partial charge in [0.05, 0.1) is 5.41 Å². The minimum absolute atomic E-state index is 0.315. The molecule has 0 saturated carbocycles. The first-order valence-corrected chi connectivity index (χ1v) is 7.17. The van der Waals surface area contributed by atoms with E-state index in [1.165, 1.54) is 17.8 Å². The molecule has 0 spiro atoms. The summed E-state index contributed by atoms with van der Waals surface area (Å²) in [5, 5.41) is 0.762. The van der Waals surface area contributed by atoms with Crippen LogP contribution in [0.25, 0.3) is 0 Å². The second kappa shape index (κ2) is 6.47. The van der Waals surface area contributed by atoms with Gasteiger partial charge < -0.3 is 4.90 Å². The van der Waals surface area contributed by atoms with Crippen molar-refractivity contribution in [3.63, 3.8) is 0 Å². The fourth-order valence-corrected chi connectivity index (χ4v) is 2.22. The first kappa shape index (κ1) is 14.9. The fraction of sp³-hybridized carbons (Fsp3) is 0.625. The molecular formula is C8H15NO3S3. The molecule has 0 rings (SSSR count). The summed E-state index contributed by atoms with van der Waals surface area (Å²) in [5.41, 5.74) is 0. The van der Waals surface area contributed by atoms with E-state index < -0.39 is 10.1 Å². The van der Waals surface area contributed by atoms with Crippen molar-refractivity contribution in [1.82, 2.24) is 4.90 Å². The van der Waals surface area contributed by atoms with Gasteiger partial charge in [0.1, 0.15) is 4.32 Å². The summed E-state index contributed by atoms with van der Waals surface area (Å²) in [6.07, 6.45) is 1.36. The number of rotatable bonds is 4. The van der Waals surface area contributed by atoms with E-state index in [9.17, 15) is 8.42 Å². The summed E-state index contributed by atoms with van der Waals surface area (Å²) in [4.78, 5) is 1.92. The smallest absolute Gasteiger partial charge is 0.287 e. The van der Waals surface area contributed by atoms with E-state index in [4.69, 9.17) is 16.8 Å². The van der Waals surface area contributed by atoms with E-state index in [0.29, 0.717) is 16.1 Å². The van der Waals surface area contributed by atoms with E-state index in [-0.39, 0.29) is 0 Å². The van der Waals surface area contributed by atoms with Crippen LogP contribution < -0.4 is 0 Å². The SMILES string of the molecule is CC(C)N(C)C(=S)SC/C=C\S(=O)(=O)O. The van der Waals surface area contributed by atoms with Gasteiger partial charge in [0, 0.05) is 18.8 Å². The lowest BCUT2D eigenvalue weighted by molar-refractivity contribution is 0.431. The second-order valence-corrected chi connectivity index (χ2v) is 6.12. The lowest BCUT2D eigenvalue weighted by Crippen LogP contribution is -2.29. The summed E-state index contributed by atoms with van der Waals surface area (Å²) in [7, 11) is -2.13. The highest BCUT2D eigenvalue weighted by Crippen LogP contribution is 2.10. The zero-order valence-corrected chi connectivity index (χ0v) is 11.3. The second-order valence-electron chi connectivity index (χ2n) is 3.17. The zero-order chi connectivity index (χ0) is 12.1. The Hall–Kier alpha value is -0.110. The molecular weight excluding hydrogens is 254 g/mol. The van der Waals surface area contributed by atoms with Crippen LogP contribution in [0.4, 0.5) is 0 Å². The molecule has 0 aliphatic carbocycles. The van der Waals surface area contributed by atoms with Gasteiger partial charge in [0.15, 0.2) is 0 Å². The molecule has 0 aliphatic heterocycles. The van der Waals surface area contributed by atoms with Gasteiger partial charge in [-0.05, 0) is 13.8 Å². The number of thiocarbonyl (C=S) groups is 1. The van der Waals surface area contributed by atoms with Crippen LogP contribution in [0.3, 0.4) is 0 Å². The van der Waals surface area contributed by atoms with Crippen LogP contribution in [0.5, 0.6) is 0 Å². The van der Waals surface area contributed by atoms with Crippen molar-refractivity contribution in [2.75, 3.05) is 12.8 Å². The Balaban J connectivity index is 3.98. The third-order valence-corrected chi connectivity index (χ3v) is 3.71. The third kappa shape index (κ3) is 7.78. The Labute approximate surface area is 100 Å². The lowest BCUT2D eigenvalue weighted by atomic mass is 10.4. The van der Waals surface area contributed by atoms with Gasteiger partial charge in [-0.2, -0.15) is 8.42 Å². The van der Waals surface area contributed by atoms with Crippen molar-refractivity contribution in [2.45, 2.75) is 19.9 Å². The van der Waals surface area contributed by atoms with Crippen molar-refractivity contribution >= 4 is 38.4 Å². The van der Waals surface area contributed by atoms with Gasteiger partial charge in [-0.25, -0.2) is 0 Å². The lowest BCUT2D eigenvalue weighted by Gasteiger charge is -2.23. The normalized spacial score (nSPS) is 12.3. The molecule has 7 heteroatoms. The Morgan fingerprint density at radius 3 is 2.53 bits per heavy atom. The Bertz CT molecular complexity index is 335. The summed E-state index contributed by atoms with van der Waals surface area (Å²) in [6, 6.07) is 0.315. The highest BCUT2D eigenvalue weighted by Gasteiger charge is 2.07. The molecule has 0 saturated heterocycles. The molecule has 0 aromatic heterocycles. The Kier molecular flexibility index (Phi) is 6.42. The van der Waals surface area contributed by atoms with Crippen LogP contribution >= 0.6 is 24.0 Å². The number of hydrogen-bond acceptors (Lipinski definition) is 4. The van der Waals surface area contributed by atoms with E-state index in [0.717, 1.165) is 5.41 Å². The number of thioether (sulfide) groups is 1. The highest BCUT2D eigenvalue weighted by atomic mass is 32.2. The van der Waals surface area contributed by atoms with Gasteiger partial charge >= 0.3 is 0 Å². The summed E-state index contributed by atoms with van der Waals surface area (Å²) >= 11 is 6.45. The topological polar surface area (TPSA) is 57.6 Å². The Morgan fingerprint density at radius 1 is 1.60 bits per heavy atom. The van der Waals surface area contributed by atoms with Crippen LogP contribution in [0, 0.1) is 0 Å². The van der Waals surface area contributed by atoms with Crippen LogP contribution in [0.15, 0.2) is 11.5 Å². The zero-order valence-electron chi connectivity index (χ0n) is 8.87. The van der Waals surface area contributed by atoms with E-state index >= 15 is 0 Å². The fourth-order valence-electron chi connectivity index (χ4n) is 0.593. The van der Waals surface area contributed by atoms with Crippen molar-refractivity contribution in [2.24, 2.45) is 0 Å². The monoisotopic (exact) mass is 269 g/mol. The minimum Gasteiger partial charge on any atom is -0.358 e. The van der Waals surface area contributed by atoms with Gasteiger partial charge in [-0.15, -0.1) is 0 Å². The molecule has 0 fully saturated rings. The van der Waals surface area contributed by atoms with Crippen LogP contribution in [0.2, 0.25) is 0 Å². The molecule has 0 aliphatic rings. The average molecular weight is 269 g/mol. The van der Waals surface area contributed by atoms with E-state index in [1.807, 2.05) is 25.8 Å². The van der Waals surface area contributed by atoms with Crippen molar-refractivity contribution in [1.29, 1.82) is 0 Å². The average Bonchev–Trinajstić information content (AvgIpc) is 2.09. The first-order chi connectivity index (χ1) is 6.74. The largest absolute Gasteiger partial charge is 0.358 e. The Morgan fingerprint density at radius 2 is 2.13 bits per heavy atom. The van der Waals surface area contributed by atoms with E-state index in [2.05, 4.69) is 0 Å². The third-order valence-electron chi connectivity index (χ3n) is 1.63. The molecule has 0 atom stereocenters. The van der Waals surface area contributed by atoms with Crippen LogP contribution in [0.1, 0.15) is 13.8 Å². The van der Waals surface area contributed by atoms with Crippen molar-refractivity contribution in [3.8, 4) is 0 Å².